The molecule has 2 aromatic rings. The molecular formula is C14H19BrN2. The van der Waals surface area contributed by atoms with Crippen LogP contribution in [-0.2, 0) is 6.42 Å². The molecule has 0 aliphatic rings. The average Bonchev–Trinajstić information content (AvgIpc) is 2.55. The third-order valence-electron chi connectivity index (χ3n) is 3.24. The zero-order valence-corrected chi connectivity index (χ0v) is 12.2. The van der Waals surface area contributed by atoms with Crippen molar-refractivity contribution >= 4 is 26.8 Å². The standard InChI is InChI=1S/C14H19BrN2/c1-8(2)12-6-10(15)7-13-11(4-5-16)9(3)17-14(12)13/h6-8,17H,4-5,16H2,1-3H3. The van der Waals surface area contributed by atoms with E-state index in [0.29, 0.717) is 12.5 Å². The molecule has 1 heterocycles. The minimum atomic E-state index is 0.513. The van der Waals surface area contributed by atoms with Gasteiger partial charge in [-0.05, 0) is 49.1 Å². The zero-order valence-electron chi connectivity index (χ0n) is 10.6. The fourth-order valence-electron chi connectivity index (χ4n) is 2.39. The first-order valence-electron chi connectivity index (χ1n) is 6.05. The molecule has 0 atom stereocenters. The number of aromatic nitrogens is 1. The largest absolute Gasteiger partial charge is 0.358 e. The number of nitrogens with two attached hydrogens (primary N) is 1. The number of H-pyrrole nitrogens is 1. The van der Waals surface area contributed by atoms with Gasteiger partial charge in [-0.2, -0.15) is 0 Å². The SMILES string of the molecule is Cc1[nH]c2c(C(C)C)cc(Br)cc2c1CCN. The second kappa shape index (κ2) is 4.83. The summed E-state index contributed by atoms with van der Waals surface area (Å²) in [7, 11) is 0. The van der Waals surface area contributed by atoms with Crippen LogP contribution in [0.3, 0.4) is 0 Å². The predicted octanol–water partition coefficient (Wildman–Crippen LogP) is 3.86. The van der Waals surface area contributed by atoms with Gasteiger partial charge in [0, 0.05) is 21.1 Å². The molecule has 0 radical (unpaired) electrons. The molecule has 0 saturated carbocycles. The van der Waals surface area contributed by atoms with Crippen LogP contribution >= 0.6 is 15.9 Å². The summed E-state index contributed by atoms with van der Waals surface area (Å²) in [5.41, 5.74) is 10.9. The fourth-order valence-corrected chi connectivity index (χ4v) is 2.87. The molecule has 0 amide bonds. The Morgan fingerprint density at radius 3 is 2.65 bits per heavy atom. The van der Waals surface area contributed by atoms with Gasteiger partial charge in [0.05, 0.1) is 0 Å². The van der Waals surface area contributed by atoms with Crippen molar-refractivity contribution in [3.05, 3.63) is 33.4 Å². The highest BCUT2D eigenvalue weighted by atomic mass is 79.9. The molecule has 1 aromatic heterocycles. The lowest BCUT2D eigenvalue weighted by Crippen LogP contribution is -2.03. The van der Waals surface area contributed by atoms with E-state index < -0.39 is 0 Å². The van der Waals surface area contributed by atoms with E-state index in [1.165, 1.54) is 27.7 Å². The molecule has 0 spiro atoms. The van der Waals surface area contributed by atoms with Gasteiger partial charge in [-0.15, -0.1) is 0 Å². The van der Waals surface area contributed by atoms with Gasteiger partial charge in [0.2, 0.25) is 0 Å². The van der Waals surface area contributed by atoms with E-state index in [9.17, 15) is 0 Å². The Morgan fingerprint density at radius 2 is 2.06 bits per heavy atom. The van der Waals surface area contributed by atoms with Crippen molar-refractivity contribution in [3.8, 4) is 0 Å². The number of halogens is 1. The van der Waals surface area contributed by atoms with E-state index in [4.69, 9.17) is 5.73 Å². The van der Waals surface area contributed by atoms with Crippen molar-refractivity contribution in [2.45, 2.75) is 33.1 Å². The highest BCUT2D eigenvalue weighted by Gasteiger charge is 2.13. The normalized spacial score (nSPS) is 11.6. The number of aryl methyl sites for hydroxylation is 1. The minimum Gasteiger partial charge on any atom is -0.358 e. The van der Waals surface area contributed by atoms with Gasteiger partial charge < -0.3 is 10.7 Å². The lowest BCUT2D eigenvalue weighted by molar-refractivity contribution is 0.872. The summed E-state index contributed by atoms with van der Waals surface area (Å²) in [6.07, 6.45) is 0.930. The second-order valence-electron chi connectivity index (χ2n) is 4.84. The van der Waals surface area contributed by atoms with E-state index in [1.54, 1.807) is 0 Å². The first-order valence-corrected chi connectivity index (χ1v) is 6.84. The van der Waals surface area contributed by atoms with Crippen molar-refractivity contribution in [3.63, 3.8) is 0 Å². The Balaban J connectivity index is 2.74. The number of hydrogen-bond acceptors (Lipinski definition) is 1. The first-order chi connectivity index (χ1) is 8.04. The average molecular weight is 295 g/mol. The summed E-state index contributed by atoms with van der Waals surface area (Å²) in [6, 6.07) is 4.39. The Kier molecular flexibility index (Phi) is 3.59. The lowest BCUT2D eigenvalue weighted by Gasteiger charge is -2.08. The van der Waals surface area contributed by atoms with E-state index in [0.717, 1.165) is 10.9 Å². The molecule has 3 N–H and O–H groups in total. The van der Waals surface area contributed by atoms with Gasteiger partial charge in [-0.25, -0.2) is 0 Å². The molecule has 0 aliphatic carbocycles. The number of hydrogen-bond donors (Lipinski definition) is 2. The van der Waals surface area contributed by atoms with Crippen molar-refractivity contribution in [1.82, 2.24) is 4.98 Å². The first kappa shape index (κ1) is 12.7. The molecule has 0 bridgehead atoms. The summed E-state index contributed by atoms with van der Waals surface area (Å²) < 4.78 is 1.14. The number of benzene rings is 1. The summed E-state index contributed by atoms with van der Waals surface area (Å²) in [5.74, 6) is 0.513. The van der Waals surface area contributed by atoms with Crippen molar-refractivity contribution in [2.75, 3.05) is 6.54 Å². The van der Waals surface area contributed by atoms with Gasteiger partial charge in [0.25, 0.3) is 0 Å². The second-order valence-corrected chi connectivity index (χ2v) is 5.76. The maximum absolute atomic E-state index is 5.69. The Labute approximate surface area is 111 Å². The molecule has 92 valence electrons. The smallest absolute Gasteiger partial charge is 0.0494 e. The highest BCUT2D eigenvalue weighted by molar-refractivity contribution is 9.10. The van der Waals surface area contributed by atoms with Crippen LogP contribution in [0, 0.1) is 6.92 Å². The van der Waals surface area contributed by atoms with Crippen LogP contribution in [0.1, 0.15) is 36.6 Å². The van der Waals surface area contributed by atoms with Crippen LogP contribution in [0.2, 0.25) is 0 Å². The van der Waals surface area contributed by atoms with Crippen LogP contribution < -0.4 is 5.73 Å². The highest BCUT2D eigenvalue weighted by Crippen LogP contribution is 2.32. The minimum absolute atomic E-state index is 0.513. The van der Waals surface area contributed by atoms with Gasteiger partial charge in [-0.1, -0.05) is 29.8 Å². The Hall–Kier alpha value is -0.800. The lowest BCUT2D eigenvalue weighted by atomic mass is 9.99. The molecule has 0 fully saturated rings. The van der Waals surface area contributed by atoms with E-state index in [-0.39, 0.29) is 0 Å². The van der Waals surface area contributed by atoms with Crippen molar-refractivity contribution < 1.29 is 0 Å². The van der Waals surface area contributed by atoms with Gasteiger partial charge in [0.15, 0.2) is 0 Å². The third kappa shape index (κ3) is 2.26. The predicted molar refractivity (Wildman–Crippen MR) is 77.6 cm³/mol. The van der Waals surface area contributed by atoms with Crippen LogP contribution in [0.5, 0.6) is 0 Å². The van der Waals surface area contributed by atoms with Crippen molar-refractivity contribution in [1.29, 1.82) is 0 Å². The number of rotatable bonds is 3. The molecule has 2 nitrogen and oxygen atoms in total. The fraction of sp³-hybridized carbons (Fsp3) is 0.429. The molecule has 0 saturated heterocycles. The van der Waals surface area contributed by atoms with Gasteiger partial charge >= 0.3 is 0 Å². The van der Waals surface area contributed by atoms with Crippen LogP contribution in [-0.4, -0.2) is 11.5 Å². The number of fused-ring (bicyclic) bond motifs is 1. The number of nitrogens with one attached hydrogen (secondary N) is 1. The summed E-state index contributed by atoms with van der Waals surface area (Å²) in [5, 5.41) is 1.31. The Morgan fingerprint density at radius 1 is 1.35 bits per heavy atom. The topological polar surface area (TPSA) is 41.8 Å². The van der Waals surface area contributed by atoms with E-state index >= 15 is 0 Å². The molecule has 3 heteroatoms. The maximum atomic E-state index is 5.69. The quantitative estimate of drug-likeness (QED) is 0.887. The zero-order chi connectivity index (χ0) is 12.6. The van der Waals surface area contributed by atoms with E-state index in [2.05, 4.69) is 53.8 Å². The summed E-state index contributed by atoms with van der Waals surface area (Å²) in [6.45, 7) is 7.26. The molecule has 0 unspecified atom stereocenters. The van der Waals surface area contributed by atoms with Crippen LogP contribution in [0.15, 0.2) is 16.6 Å². The maximum Gasteiger partial charge on any atom is 0.0494 e. The summed E-state index contributed by atoms with van der Waals surface area (Å²) >= 11 is 3.60. The molecule has 1 aromatic carbocycles. The number of aromatic amines is 1. The molecule has 2 rings (SSSR count). The summed E-state index contributed by atoms with van der Waals surface area (Å²) in [4.78, 5) is 3.51. The monoisotopic (exact) mass is 294 g/mol. The third-order valence-corrected chi connectivity index (χ3v) is 3.70. The van der Waals surface area contributed by atoms with Crippen molar-refractivity contribution in [2.24, 2.45) is 5.73 Å². The Bertz CT molecular complexity index is 541. The molecular weight excluding hydrogens is 276 g/mol. The molecule has 0 aliphatic heterocycles. The van der Waals surface area contributed by atoms with Crippen LogP contribution in [0.25, 0.3) is 10.9 Å². The molecule has 17 heavy (non-hydrogen) atoms. The van der Waals surface area contributed by atoms with Gasteiger partial charge in [0.1, 0.15) is 0 Å². The van der Waals surface area contributed by atoms with Crippen LogP contribution in [0.4, 0.5) is 0 Å². The van der Waals surface area contributed by atoms with Gasteiger partial charge in [-0.3, -0.25) is 0 Å². The van der Waals surface area contributed by atoms with E-state index in [1.807, 2.05) is 0 Å².